The van der Waals surface area contributed by atoms with Gasteiger partial charge in [-0.05, 0) is 26.3 Å². The Bertz CT molecular complexity index is 1390. The minimum atomic E-state index is -0.903. The van der Waals surface area contributed by atoms with Gasteiger partial charge in [0.05, 0.1) is 24.3 Å². The Balaban J connectivity index is 1.77. The molecule has 11 heteroatoms. The summed E-state index contributed by atoms with van der Waals surface area (Å²) in [4.78, 5) is 29.4. The number of rotatable bonds is 8. The van der Waals surface area contributed by atoms with E-state index in [2.05, 4.69) is 20.3 Å². The molecule has 1 aromatic carbocycles. The molecular weight excluding hydrogens is 431 g/mol. The second-order valence-electron chi connectivity index (χ2n) is 7.54. The molecule has 1 N–H and O–H groups in total. The van der Waals surface area contributed by atoms with Gasteiger partial charge in [-0.2, -0.15) is 14.8 Å². The van der Waals surface area contributed by atoms with Crippen LogP contribution >= 0.6 is 0 Å². The lowest BCUT2D eigenvalue weighted by Crippen LogP contribution is -2.26. The molecule has 3 heterocycles. The standard InChI is InChI=1S/C22H23FN6O4/c1-4-28-16(12-32-11-14-8-6-5-7-9-14)27-29(22(28)31)19-18(23)15-10-24-26-20(30)17(15)21(25-19)33-13(2)3/h5-10,13H,4,11-12H2,1-3H3,(H,26,30). The SMILES string of the molecule is CCn1c(COCc2ccccc2)nn(-c2nc(OC(C)C)c3c(=O)[nH]ncc3c2F)c1=O. The third kappa shape index (κ3) is 4.40. The van der Waals surface area contributed by atoms with Crippen LogP contribution in [0.1, 0.15) is 32.2 Å². The van der Waals surface area contributed by atoms with Crippen molar-refractivity contribution in [3.05, 3.63) is 74.6 Å². The topological polar surface area (TPSA) is 117 Å². The Morgan fingerprint density at radius 2 is 1.91 bits per heavy atom. The summed E-state index contributed by atoms with van der Waals surface area (Å²) in [7, 11) is 0. The monoisotopic (exact) mass is 454 g/mol. The Morgan fingerprint density at radius 1 is 1.15 bits per heavy atom. The summed E-state index contributed by atoms with van der Waals surface area (Å²) in [5.41, 5.74) is -0.268. The lowest BCUT2D eigenvalue weighted by Gasteiger charge is -2.13. The van der Waals surface area contributed by atoms with Crippen LogP contribution in [0.15, 0.2) is 46.1 Å². The number of hydrogen-bond acceptors (Lipinski definition) is 7. The summed E-state index contributed by atoms with van der Waals surface area (Å²) in [6.45, 7) is 5.92. The molecule has 0 radical (unpaired) electrons. The van der Waals surface area contributed by atoms with E-state index < -0.39 is 17.1 Å². The molecule has 0 atom stereocenters. The molecule has 10 nitrogen and oxygen atoms in total. The third-order valence-corrected chi connectivity index (χ3v) is 4.86. The van der Waals surface area contributed by atoms with Gasteiger partial charge in [-0.1, -0.05) is 30.3 Å². The van der Waals surface area contributed by atoms with Crippen LogP contribution in [0.4, 0.5) is 4.39 Å². The van der Waals surface area contributed by atoms with E-state index in [0.29, 0.717) is 19.0 Å². The molecule has 172 valence electrons. The molecule has 0 aliphatic heterocycles. The van der Waals surface area contributed by atoms with Crippen molar-refractivity contribution in [1.29, 1.82) is 0 Å². The molecule has 0 unspecified atom stereocenters. The summed E-state index contributed by atoms with van der Waals surface area (Å²) in [6, 6.07) is 9.56. The van der Waals surface area contributed by atoms with E-state index in [-0.39, 0.29) is 35.2 Å². The van der Waals surface area contributed by atoms with Crippen LogP contribution in [0.25, 0.3) is 16.6 Å². The lowest BCUT2D eigenvalue weighted by molar-refractivity contribution is 0.0989. The summed E-state index contributed by atoms with van der Waals surface area (Å²) >= 11 is 0. The van der Waals surface area contributed by atoms with Crippen molar-refractivity contribution < 1.29 is 13.9 Å². The van der Waals surface area contributed by atoms with Gasteiger partial charge in [0.15, 0.2) is 17.5 Å². The molecule has 0 aliphatic rings. The maximum atomic E-state index is 15.4. The third-order valence-electron chi connectivity index (χ3n) is 4.86. The van der Waals surface area contributed by atoms with Crippen LogP contribution in [0.5, 0.6) is 5.88 Å². The summed E-state index contributed by atoms with van der Waals surface area (Å²) < 4.78 is 29.0. The molecular formula is C22H23FN6O4. The predicted molar refractivity (Wildman–Crippen MR) is 118 cm³/mol. The molecule has 0 saturated heterocycles. The number of hydrogen-bond donors (Lipinski definition) is 1. The molecule has 0 spiro atoms. The van der Waals surface area contributed by atoms with E-state index in [0.717, 1.165) is 16.4 Å². The molecule has 0 bridgehead atoms. The number of ether oxygens (including phenoxy) is 2. The second kappa shape index (κ2) is 9.33. The first kappa shape index (κ1) is 22.3. The van der Waals surface area contributed by atoms with Gasteiger partial charge in [0.25, 0.3) is 5.56 Å². The van der Waals surface area contributed by atoms with E-state index in [1.165, 1.54) is 4.57 Å². The first-order valence-corrected chi connectivity index (χ1v) is 10.4. The fraction of sp³-hybridized carbons (Fsp3) is 0.318. The molecule has 0 aliphatic carbocycles. The number of nitrogens with zero attached hydrogens (tertiary/aromatic N) is 5. The highest BCUT2D eigenvalue weighted by Gasteiger charge is 2.24. The van der Waals surface area contributed by atoms with Crippen molar-refractivity contribution in [2.24, 2.45) is 0 Å². The zero-order chi connectivity index (χ0) is 23.5. The highest BCUT2D eigenvalue weighted by Crippen LogP contribution is 2.26. The number of fused-ring (bicyclic) bond motifs is 1. The number of halogens is 1. The van der Waals surface area contributed by atoms with Crippen LogP contribution in [0, 0.1) is 5.82 Å². The zero-order valence-corrected chi connectivity index (χ0v) is 18.4. The fourth-order valence-electron chi connectivity index (χ4n) is 3.38. The van der Waals surface area contributed by atoms with Crippen LogP contribution in [-0.2, 0) is 24.5 Å². The largest absolute Gasteiger partial charge is 0.474 e. The summed E-state index contributed by atoms with van der Waals surface area (Å²) in [5, 5.41) is 9.97. The van der Waals surface area contributed by atoms with Crippen molar-refractivity contribution in [2.75, 3.05) is 0 Å². The highest BCUT2D eigenvalue weighted by molar-refractivity contribution is 5.87. The minimum Gasteiger partial charge on any atom is -0.474 e. The number of pyridine rings is 1. The average Bonchev–Trinajstić information content (AvgIpc) is 3.11. The van der Waals surface area contributed by atoms with Crippen LogP contribution < -0.4 is 16.0 Å². The molecule has 0 fully saturated rings. The number of aromatic amines is 1. The molecule has 4 aromatic rings. The number of aromatic nitrogens is 6. The van der Waals surface area contributed by atoms with E-state index in [1.807, 2.05) is 30.3 Å². The van der Waals surface area contributed by atoms with Gasteiger partial charge in [-0.25, -0.2) is 14.3 Å². The van der Waals surface area contributed by atoms with Gasteiger partial charge in [0.2, 0.25) is 5.88 Å². The van der Waals surface area contributed by atoms with Crippen molar-refractivity contribution in [3.8, 4) is 11.7 Å². The maximum absolute atomic E-state index is 15.4. The normalized spacial score (nSPS) is 11.4. The van der Waals surface area contributed by atoms with E-state index in [9.17, 15) is 9.59 Å². The Morgan fingerprint density at radius 3 is 2.61 bits per heavy atom. The van der Waals surface area contributed by atoms with Crippen molar-refractivity contribution in [1.82, 2.24) is 29.5 Å². The van der Waals surface area contributed by atoms with Crippen molar-refractivity contribution in [3.63, 3.8) is 0 Å². The lowest BCUT2D eigenvalue weighted by atomic mass is 10.2. The van der Waals surface area contributed by atoms with Gasteiger partial charge < -0.3 is 9.47 Å². The van der Waals surface area contributed by atoms with Gasteiger partial charge in [0, 0.05) is 6.54 Å². The highest BCUT2D eigenvalue weighted by atomic mass is 19.1. The van der Waals surface area contributed by atoms with Crippen LogP contribution in [0.3, 0.4) is 0 Å². The van der Waals surface area contributed by atoms with Gasteiger partial charge in [-0.15, -0.1) is 5.10 Å². The number of H-pyrrole nitrogens is 1. The Hall–Kier alpha value is -3.86. The molecule has 0 amide bonds. The van der Waals surface area contributed by atoms with Crippen LogP contribution in [-0.4, -0.2) is 35.6 Å². The predicted octanol–water partition coefficient (Wildman–Crippen LogP) is 2.33. The van der Waals surface area contributed by atoms with E-state index in [4.69, 9.17) is 9.47 Å². The van der Waals surface area contributed by atoms with Gasteiger partial charge in [0.1, 0.15) is 12.0 Å². The Labute approximate surface area is 187 Å². The van der Waals surface area contributed by atoms with Gasteiger partial charge >= 0.3 is 5.69 Å². The number of benzene rings is 1. The minimum absolute atomic E-state index is 0.0384. The fourth-order valence-corrected chi connectivity index (χ4v) is 3.38. The summed E-state index contributed by atoms with van der Waals surface area (Å²) in [5.74, 6) is -1.08. The smallest absolute Gasteiger partial charge is 0.352 e. The van der Waals surface area contributed by atoms with Crippen molar-refractivity contribution in [2.45, 2.75) is 46.6 Å². The first-order chi connectivity index (χ1) is 15.9. The van der Waals surface area contributed by atoms with E-state index in [1.54, 1.807) is 20.8 Å². The maximum Gasteiger partial charge on any atom is 0.352 e. The molecule has 33 heavy (non-hydrogen) atoms. The number of nitrogens with one attached hydrogen (secondary N) is 1. The van der Waals surface area contributed by atoms with Crippen LogP contribution in [0.2, 0.25) is 0 Å². The quantitative estimate of drug-likeness (QED) is 0.434. The van der Waals surface area contributed by atoms with Crippen molar-refractivity contribution >= 4 is 10.8 Å². The Kier molecular flexibility index (Phi) is 6.31. The second-order valence-corrected chi connectivity index (χ2v) is 7.54. The average molecular weight is 454 g/mol. The zero-order valence-electron chi connectivity index (χ0n) is 18.4. The van der Waals surface area contributed by atoms with Gasteiger partial charge in [-0.3, -0.25) is 9.36 Å². The molecule has 3 aromatic heterocycles. The summed E-state index contributed by atoms with van der Waals surface area (Å²) in [6.07, 6.45) is 0.800. The van der Waals surface area contributed by atoms with E-state index >= 15 is 4.39 Å². The molecule has 0 saturated carbocycles. The first-order valence-electron chi connectivity index (χ1n) is 10.4. The molecule has 4 rings (SSSR count).